The van der Waals surface area contributed by atoms with Gasteiger partial charge in [-0.05, 0) is 24.1 Å². The molecule has 2 rings (SSSR count). The van der Waals surface area contributed by atoms with Gasteiger partial charge in [0.2, 0.25) is 5.43 Å². The van der Waals surface area contributed by atoms with E-state index in [9.17, 15) is 14.4 Å². The lowest BCUT2D eigenvalue weighted by molar-refractivity contribution is -0.112. The van der Waals surface area contributed by atoms with E-state index in [1.54, 1.807) is 0 Å². The van der Waals surface area contributed by atoms with Gasteiger partial charge in [-0.3, -0.25) is 9.59 Å². The third kappa shape index (κ3) is 2.45. The van der Waals surface area contributed by atoms with Crippen molar-refractivity contribution in [3.05, 3.63) is 45.7 Å². The van der Waals surface area contributed by atoms with Crippen LogP contribution in [-0.2, 0) is 4.79 Å². The highest BCUT2D eigenvalue weighted by Gasteiger charge is 2.11. The van der Waals surface area contributed by atoms with E-state index in [-0.39, 0.29) is 10.9 Å². The summed E-state index contributed by atoms with van der Waals surface area (Å²) < 4.78 is 0. The van der Waals surface area contributed by atoms with Crippen LogP contribution >= 0.6 is 0 Å². The second-order valence-corrected chi connectivity index (χ2v) is 3.71. The van der Waals surface area contributed by atoms with Crippen LogP contribution in [0.15, 0.2) is 29.2 Å². The molecule has 0 bridgehead atoms. The highest BCUT2D eigenvalue weighted by Crippen LogP contribution is 2.10. The summed E-state index contributed by atoms with van der Waals surface area (Å²) in [4.78, 5) is 35.9. The van der Waals surface area contributed by atoms with E-state index in [0.717, 1.165) is 6.20 Å². The number of H-pyrrole nitrogens is 1. The van der Waals surface area contributed by atoms with Crippen molar-refractivity contribution in [2.75, 3.05) is 0 Å². The minimum Gasteiger partial charge on any atom is -0.477 e. The van der Waals surface area contributed by atoms with Crippen molar-refractivity contribution in [2.45, 2.75) is 0 Å². The maximum Gasteiger partial charge on any atom is 0.341 e. The Kier molecular flexibility index (Phi) is 3.04. The fourth-order valence-electron chi connectivity index (χ4n) is 1.59. The Bertz CT molecular complexity index is 809. The Balaban J connectivity index is 2.62. The number of nitrogens with two attached hydrogens (primary N) is 1. The molecular weight excluding hydrogens is 248 g/mol. The van der Waals surface area contributed by atoms with Gasteiger partial charge in [-0.15, -0.1) is 0 Å². The molecule has 1 heterocycles. The second kappa shape index (κ2) is 4.66. The number of aromatic amines is 1. The van der Waals surface area contributed by atoms with Crippen LogP contribution in [0.3, 0.4) is 0 Å². The van der Waals surface area contributed by atoms with Crippen molar-refractivity contribution >= 4 is 22.8 Å². The maximum atomic E-state index is 11.8. The van der Waals surface area contributed by atoms with Gasteiger partial charge in [0.05, 0.1) is 5.52 Å². The number of primary amides is 1. The number of carboxylic acid groups (broad SMARTS) is 1. The molecule has 1 aromatic carbocycles. The topological polar surface area (TPSA) is 113 Å². The molecule has 4 N–H and O–H groups in total. The SMILES string of the molecule is NC(=O)C#Cc1ccc2c(=O)c(C(=O)O)c[nH]c2c1. The summed E-state index contributed by atoms with van der Waals surface area (Å²) in [6, 6.07) is 4.50. The van der Waals surface area contributed by atoms with Crippen LogP contribution in [0, 0.1) is 11.8 Å². The number of hydrogen-bond acceptors (Lipinski definition) is 3. The number of carbonyl (C=O) groups excluding carboxylic acids is 1. The molecule has 19 heavy (non-hydrogen) atoms. The number of benzene rings is 1. The highest BCUT2D eigenvalue weighted by atomic mass is 16.4. The van der Waals surface area contributed by atoms with Gasteiger partial charge < -0.3 is 15.8 Å². The summed E-state index contributed by atoms with van der Waals surface area (Å²) in [7, 11) is 0. The molecule has 2 aromatic rings. The van der Waals surface area contributed by atoms with Crippen LogP contribution < -0.4 is 11.2 Å². The van der Waals surface area contributed by atoms with Crippen LogP contribution in [0.4, 0.5) is 0 Å². The van der Waals surface area contributed by atoms with Gasteiger partial charge in [0, 0.05) is 17.1 Å². The van der Waals surface area contributed by atoms with Gasteiger partial charge in [-0.25, -0.2) is 4.79 Å². The first-order valence-corrected chi connectivity index (χ1v) is 5.19. The summed E-state index contributed by atoms with van der Waals surface area (Å²) in [5.74, 6) is 2.66. The lowest BCUT2D eigenvalue weighted by Crippen LogP contribution is -2.15. The fraction of sp³-hybridized carbons (Fsp3) is 0. The van der Waals surface area contributed by atoms with Crippen molar-refractivity contribution in [1.29, 1.82) is 0 Å². The van der Waals surface area contributed by atoms with Gasteiger partial charge in [0.25, 0.3) is 5.91 Å². The number of pyridine rings is 1. The first-order valence-electron chi connectivity index (χ1n) is 5.19. The fourth-order valence-corrected chi connectivity index (χ4v) is 1.59. The maximum absolute atomic E-state index is 11.8. The number of carboxylic acids is 1. The first kappa shape index (κ1) is 12.4. The van der Waals surface area contributed by atoms with Crippen LogP contribution in [0.2, 0.25) is 0 Å². The molecule has 0 aliphatic heterocycles. The molecule has 0 unspecified atom stereocenters. The Labute approximate surface area is 106 Å². The molecule has 0 radical (unpaired) electrons. The standard InChI is InChI=1S/C13H8N2O4/c14-11(16)4-2-7-1-3-8-10(5-7)15-6-9(12(8)17)13(18)19/h1,3,5-6H,(H2,14,16)(H,15,17)(H,18,19). The average Bonchev–Trinajstić information content (AvgIpc) is 2.36. The van der Waals surface area contributed by atoms with Crippen molar-refractivity contribution in [1.82, 2.24) is 4.98 Å². The van der Waals surface area contributed by atoms with E-state index in [0.29, 0.717) is 11.1 Å². The normalized spacial score (nSPS) is 9.68. The predicted octanol–water partition coefficient (Wildman–Crippen LogP) is 0.0631. The lowest BCUT2D eigenvalue weighted by atomic mass is 10.1. The molecule has 0 fully saturated rings. The number of amides is 1. The number of aromatic carboxylic acids is 1. The highest BCUT2D eigenvalue weighted by molar-refractivity contribution is 5.94. The van der Waals surface area contributed by atoms with Gasteiger partial charge in [0.1, 0.15) is 5.56 Å². The third-order valence-electron chi connectivity index (χ3n) is 2.44. The molecule has 0 aliphatic carbocycles. The van der Waals surface area contributed by atoms with Crippen molar-refractivity contribution in [3.8, 4) is 11.8 Å². The molecule has 1 aromatic heterocycles. The van der Waals surface area contributed by atoms with Crippen LogP contribution in [0.1, 0.15) is 15.9 Å². The van der Waals surface area contributed by atoms with E-state index in [2.05, 4.69) is 16.8 Å². The Hall–Kier alpha value is -3.07. The van der Waals surface area contributed by atoms with E-state index in [1.165, 1.54) is 18.2 Å². The van der Waals surface area contributed by atoms with Gasteiger partial charge in [-0.1, -0.05) is 5.92 Å². The zero-order valence-corrected chi connectivity index (χ0v) is 9.56. The van der Waals surface area contributed by atoms with Gasteiger partial charge in [0.15, 0.2) is 0 Å². The molecule has 0 spiro atoms. The van der Waals surface area contributed by atoms with Crippen LogP contribution in [-0.4, -0.2) is 22.0 Å². The van der Waals surface area contributed by atoms with Gasteiger partial charge in [-0.2, -0.15) is 0 Å². The number of hydrogen-bond donors (Lipinski definition) is 3. The third-order valence-corrected chi connectivity index (χ3v) is 2.44. The van der Waals surface area contributed by atoms with E-state index in [4.69, 9.17) is 10.8 Å². The van der Waals surface area contributed by atoms with E-state index in [1.807, 2.05) is 0 Å². The smallest absolute Gasteiger partial charge is 0.341 e. The summed E-state index contributed by atoms with van der Waals surface area (Å²) in [5, 5.41) is 9.07. The Morgan fingerprint density at radius 1 is 1.32 bits per heavy atom. The number of carbonyl (C=O) groups is 2. The zero-order chi connectivity index (χ0) is 14.0. The Morgan fingerprint density at radius 3 is 2.68 bits per heavy atom. The molecule has 0 aliphatic rings. The molecule has 1 amide bonds. The summed E-state index contributed by atoms with van der Waals surface area (Å²) in [5.41, 5.74) is 4.92. The van der Waals surface area contributed by atoms with E-state index < -0.39 is 17.3 Å². The monoisotopic (exact) mass is 256 g/mol. The first-order chi connectivity index (χ1) is 8.99. The molecule has 0 atom stereocenters. The minimum atomic E-state index is -1.29. The van der Waals surface area contributed by atoms with Crippen molar-refractivity contribution in [3.63, 3.8) is 0 Å². The Morgan fingerprint density at radius 2 is 2.05 bits per heavy atom. The lowest BCUT2D eigenvalue weighted by Gasteiger charge is -2.00. The molecule has 0 saturated carbocycles. The largest absolute Gasteiger partial charge is 0.477 e. The molecule has 0 saturated heterocycles. The summed E-state index contributed by atoms with van der Waals surface area (Å²) in [6.07, 6.45) is 1.12. The zero-order valence-electron chi connectivity index (χ0n) is 9.56. The molecular formula is C13H8N2O4. The number of fused-ring (bicyclic) bond motifs is 1. The number of aromatic nitrogens is 1. The molecule has 94 valence electrons. The minimum absolute atomic E-state index is 0.240. The molecule has 6 nitrogen and oxygen atoms in total. The number of rotatable bonds is 1. The van der Waals surface area contributed by atoms with Crippen molar-refractivity contribution in [2.24, 2.45) is 5.73 Å². The second-order valence-electron chi connectivity index (χ2n) is 3.71. The van der Waals surface area contributed by atoms with Crippen LogP contribution in [0.5, 0.6) is 0 Å². The summed E-state index contributed by atoms with van der Waals surface area (Å²) in [6.45, 7) is 0. The van der Waals surface area contributed by atoms with Crippen molar-refractivity contribution < 1.29 is 14.7 Å². The number of nitrogens with one attached hydrogen (secondary N) is 1. The van der Waals surface area contributed by atoms with E-state index >= 15 is 0 Å². The quantitative estimate of drug-likeness (QED) is 0.626. The predicted molar refractivity (Wildman–Crippen MR) is 67.6 cm³/mol. The van der Waals surface area contributed by atoms with Gasteiger partial charge >= 0.3 is 5.97 Å². The average molecular weight is 256 g/mol. The van der Waals surface area contributed by atoms with Crippen LogP contribution in [0.25, 0.3) is 10.9 Å². The molecule has 6 heteroatoms. The summed E-state index contributed by atoms with van der Waals surface area (Å²) >= 11 is 0.